The van der Waals surface area contributed by atoms with Crippen molar-refractivity contribution in [2.24, 2.45) is 5.41 Å². The first-order valence-electron chi connectivity index (χ1n) is 7.20. The van der Waals surface area contributed by atoms with E-state index in [-0.39, 0.29) is 5.41 Å². The molecule has 0 unspecified atom stereocenters. The summed E-state index contributed by atoms with van der Waals surface area (Å²) in [5.74, 6) is -0.533. The van der Waals surface area contributed by atoms with E-state index in [1.165, 1.54) is 4.90 Å². The van der Waals surface area contributed by atoms with Crippen molar-refractivity contribution in [2.45, 2.75) is 31.3 Å². The Morgan fingerprint density at radius 3 is 2.24 bits per heavy atom. The van der Waals surface area contributed by atoms with E-state index in [1.54, 1.807) is 0 Å². The highest BCUT2D eigenvalue weighted by molar-refractivity contribution is 5.66. The van der Waals surface area contributed by atoms with E-state index in [0.29, 0.717) is 32.0 Å². The van der Waals surface area contributed by atoms with Crippen LogP contribution in [0.1, 0.15) is 24.1 Å². The Morgan fingerprint density at radius 2 is 1.76 bits per heavy atom. The zero-order chi connectivity index (χ0) is 18.6. The minimum absolute atomic E-state index is 0.248. The first kappa shape index (κ1) is 17.6. The van der Waals surface area contributed by atoms with Crippen molar-refractivity contribution in [2.75, 3.05) is 13.1 Å². The molecule has 0 bridgehead atoms. The number of amides is 1. The molecule has 2 aliphatic rings. The van der Waals surface area contributed by atoms with E-state index >= 15 is 0 Å². The fourth-order valence-electron chi connectivity index (χ4n) is 3.27. The molecule has 25 heavy (non-hydrogen) atoms. The van der Waals surface area contributed by atoms with Crippen LogP contribution >= 0.6 is 0 Å². The Kier molecular flexibility index (Phi) is 3.80. The van der Waals surface area contributed by atoms with Crippen LogP contribution in [0.25, 0.3) is 0 Å². The average Bonchev–Trinajstić information content (AvgIpc) is 2.37. The van der Waals surface area contributed by atoms with Crippen LogP contribution in [-0.2, 0) is 12.4 Å². The molecule has 1 aromatic heterocycles. The minimum Gasteiger partial charge on any atom is -0.474 e. The second-order valence-electron chi connectivity index (χ2n) is 6.33. The molecule has 1 aliphatic heterocycles. The Morgan fingerprint density at radius 1 is 1.16 bits per heavy atom. The van der Waals surface area contributed by atoms with Gasteiger partial charge in [-0.25, -0.2) is 9.78 Å². The van der Waals surface area contributed by atoms with Crippen LogP contribution < -0.4 is 4.74 Å². The number of ether oxygens (including phenoxy) is 1. The van der Waals surface area contributed by atoms with Gasteiger partial charge in [-0.3, -0.25) is 0 Å². The van der Waals surface area contributed by atoms with Gasteiger partial charge in [0.25, 0.3) is 0 Å². The molecule has 2 heterocycles. The van der Waals surface area contributed by atoms with Crippen LogP contribution in [0, 0.1) is 5.41 Å². The summed E-state index contributed by atoms with van der Waals surface area (Å²) < 4.78 is 81.7. The van der Waals surface area contributed by atoms with Crippen molar-refractivity contribution in [3.63, 3.8) is 0 Å². The summed E-state index contributed by atoms with van der Waals surface area (Å²) in [5.41, 5.74) is -4.15. The molecule has 5 nitrogen and oxygen atoms in total. The molecule has 0 atom stereocenters. The average molecular weight is 370 g/mol. The molecule has 1 aliphatic carbocycles. The van der Waals surface area contributed by atoms with Gasteiger partial charge < -0.3 is 14.7 Å². The number of alkyl halides is 6. The van der Waals surface area contributed by atoms with E-state index in [1.807, 2.05) is 0 Å². The number of pyridine rings is 1. The van der Waals surface area contributed by atoms with Crippen LogP contribution in [-0.4, -0.2) is 40.3 Å². The standard InChI is InChI=1S/C14H12F6N2O3/c15-13(16,17)8-1-2-9(21-10(8)14(18,19)20)25-7-3-12(4-7)5-22(6-12)11(23)24/h1-2,7H,3-6H2,(H,23,24). The smallest absolute Gasteiger partial charge is 0.434 e. The fraction of sp³-hybridized carbons (Fsp3) is 0.571. The van der Waals surface area contributed by atoms with Crippen LogP contribution in [0.5, 0.6) is 5.88 Å². The summed E-state index contributed by atoms with van der Waals surface area (Å²) in [6, 6.07) is 1.06. The fourth-order valence-corrected chi connectivity index (χ4v) is 3.27. The molecule has 138 valence electrons. The number of rotatable bonds is 2. The van der Waals surface area contributed by atoms with E-state index in [0.717, 1.165) is 6.07 Å². The van der Waals surface area contributed by atoms with Crippen LogP contribution in [0.15, 0.2) is 12.1 Å². The summed E-state index contributed by atoms with van der Waals surface area (Å²) >= 11 is 0. The maximum atomic E-state index is 12.8. The lowest BCUT2D eigenvalue weighted by Gasteiger charge is -2.57. The number of carbonyl (C=O) groups is 1. The summed E-state index contributed by atoms with van der Waals surface area (Å²) in [6.07, 6.45) is -11.2. The number of carboxylic acid groups (broad SMARTS) is 1. The second-order valence-corrected chi connectivity index (χ2v) is 6.33. The van der Waals surface area contributed by atoms with Gasteiger partial charge >= 0.3 is 18.4 Å². The molecule has 1 amide bonds. The number of hydrogen-bond acceptors (Lipinski definition) is 3. The van der Waals surface area contributed by atoms with Crippen molar-refractivity contribution in [1.29, 1.82) is 0 Å². The number of likely N-dealkylation sites (tertiary alicyclic amines) is 1. The molecule has 1 saturated carbocycles. The largest absolute Gasteiger partial charge is 0.474 e. The van der Waals surface area contributed by atoms with Gasteiger partial charge in [-0.1, -0.05) is 0 Å². The zero-order valence-corrected chi connectivity index (χ0v) is 12.5. The lowest BCUT2D eigenvalue weighted by Crippen LogP contribution is -2.65. The number of nitrogens with zero attached hydrogens (tertiary/aromatic N) is 2. The summed E-state index contributed by atoms with van der Waals surface area (Å²) in [6.45, 7) is 0.632. The lowest BCUT2D eigenvalue weighted by molar-refractivity contribution is -0.165. The Bertz CT molecular complexity index is 689. The molecule has 2 fully saturated rings. The van der Waals surface area contributed by atoms with Gasteiger partial charge in [0, 0.05) is 24.6 Å². The third kappa shape index (κ3) is 3.31. The Labute approximate surface area is 137 Å². The highest BCUT2D eigenvalue weighted by Gasteiger charge is 2.55. The number of hydrogen-bond donors (Lipinski definition) is 1. The molecule has 1 N–H and O–H groups in total. The van der Waals surface area contributed by atoms with Crippen LogP contribution in [0.2, 0.25) is 0 Å². The number of aromatic nitrogens is 1. The first-order chi connectivity index (χ1) is 11.4. The van der Waals surface area contributed by atoms with Crippen molar-refractivity contribution in [3.05, 3.63) is 23.4 Å². The molecule has 3 rings (SSSR count). The van der Waals surface area contributed by atoms with Crippen LogP contribution in [0.4, 0.5) is 31.1 Å². The van der Waals surface area contributed by atoms with E-state index in [4.69, 9.17) is 9.84 Å². The minimum atomic E-state index is -5.26. The quantitative estimate of drug-likeness (QED) is 0.808. The summed E-state index contributed by atoms with van der Waals surface area (Å²) in [4.78, 5) is 14.9. The SMILES string of the molecule is O=C(O)N1CC2(CC(Oc3ccc(C(F)(F)F)c(C(F)(F)F)n3)C2)C1. The van der Waals surface area contributed by atoms with Gasteiger partial charge in [0.05, 0.1) is 5.56 Å². The van der Waals surface area contributed by atoms with Crippen molar-refractivity contribution in [1.82, 2.24) is 9.88 Å². The highest BCUT2D eigenvalue weighted by atomic mass is 19.4. The summed E-state index contributed by atoms with van der Waals surface area (Å²) in [5, 5.41) is 8.77. The Balaban J connectivity index is 1.68. The van der Waals surface area contributed by atoms with Gasteiger partial charge in [-0.05, 0) is 18.9 Å². The predicted octanol–water partition coefficient (Wildman–Crippen LogP) is 3.64. The third-order valence-corrected chi connectivity index (χ3v) is 4.38. The monoisotopic (exact) mass is 370 g/mol. The molecule has 1 aromatic rings. The molecule has 11 heteroatoms. The van der Waals surface area contributed by atoms with Crippen molar-refractivity contribution >= 4 is 6.09 Å². The zero-order valence-electron chi connectivity index (χ0n) is 12.5. The predicted molar refractivity (Wildman–Crippen MR) is 69.9 cm³/mol. The van der Waals surface area contributed by atoms with Gasteiger partial charge in [0.1, 0.15) is 6.10 Å². The third-order valence-electron chi connectivity index (χ3n) is 4.38. The first-order valence-corrected chi connectivity index (χ1v) is 7.20. The summed E-state index contributed by atoms with van der Waals surface area (Å²) in [7, 11) is 0. The number of halogens is 6. The molecule has 1 spiro atoms. The maximum Gasteiger partial charge on any atom is 0.434 e. The van der Waals surface area contributed by atoms with Crippen LogP contribution in [0.3, 0.4) is 0 Å². The molecule has 0 radical (unpaired) electrons. The molecule has 1 saturated heterocycles. The highest BCUT2D eigenvalue weighted by Crippen LogP contribution is 2.49. The molecular formula is C14H12F6N2O3. The van der Waals surface area contributed by atoms with Gasteiger partial charge in [0.2, 0.25) is 5.88 Å². The topological polar surface area (TPSA) is 62.7 Å². The Hall–Kier alpha value is -2.20. The van der Waals surface area contributed by atoms with Gasteiger partial charge in [0.15, 0.2) is 5.69 Å². The van der Waals surface area contributed by atoms with Crippen molar-refractivity contribution in [3.8, 4) is 5.88 Å². The van der Waals surface area contributed by atoms with E-state index < -0.39 is 41.7 Å². The second kappa shape index (κ2) is 5.40. The van der Waals surface area contributed by atoms with Gasteiger partial charge in [-0.2, -0.15) is 26.3 Å². The molecule has 0 aromatic carbocycles. The van der Waals surface area contributed by atoms with Crippen molar-refractivity contribution < 1.29 is 41.0 Å². The van der Waals surface area contributed by atoms with E-state index in [9.17, 15) is 31.1 Å². The van der Waals surface area contributed by atoms with E-state index in [2.05, 4.69) is 4.98 Å². The van der Waals surface area contributed by atoms with Gasteiger partial charge in [-0.15, -0.1) is 0 Å². The molecular weight excluding hydrogens is 358 g/mol. The maximum absolute atomic E-state index is 12.8. The normalized spacial score (nSPS) is 20.2. The lowest BCUT2D eigenvalue weighted by atomic mass is 9.62.